The van der Waals surface area contributed by atoms with E-state index >= 15 is 0 Å². The zero-order valence-electron chi connectivity index (χ0n) is 11.1. The molecule has 0 saturated heterocycles. The summed E-state index contributed by atoms with van der Waals surface area (Å²) >= 11 is 0. The van der Waals surface area contributed by atoms with Crippen molar-refractivity contribution in [1.29, 1.82) is 0 Å². The molecule has 0 saturated carbocycles. The smallest absolute Gasteiger partial charge is 0.303 e. The van der Waals surface area contributed by atoms with Crippen LogP contribution in [0.4, 0.5) is 0 Å². The average Bonchev–Trinajstić information content (AvgIpc) is 2.84. The normalized spacial score (nSPS) is 11.6. The summed E-state index contributed by atoms with van der Waals surface area (Å²) in [5.41, 5.74) is 0.0701. The molecule has 20 heavy (non-hydrogen) atoms. The first-order valence-corrected chi connectivity index (χ1v) is 7.20. The van der Waals surface area contributed by atoms with Crippen LogP contribution in [0.15, 0.2) is 21.8 Å². The fraction of sp³-hybridized carbons (Fsp3) is 0.455. The molecule has 0 aliphatic carbocycles. The van der Waals surface area contributed by atoms with E-state index in [4.69, 9.17) is 9.52 Å². The van der Waals surface area contributed by atoms with Crippen LogP contribution in [-0.2, 0) is 14.8 Å². The number of carboxylic acids is 1. The highest BCUT2D eigenvalue weighted by atomic mass is 32.2. The lowest BCUT2D eigenvalue weighted by molar-refractivity contribution is -0.137. The molecule has 0 spiro atoms. The lowest BCUT2D eigenvalue weighted by Crippen LogP contribution is -2.24. The first-order valence-electron chi connectivity index (χ1n) is 5.76. The van der Waals surface area contributed by atoms with E-state index in [2.05, 4.69) is 5.32 Å². The standard InChI is InChI=1S/C11H16N2O6S/c1-13(2)20(17,18)10-6-8(7-19-10)11(16)12-5-3-4-9(14)15/h6-7H,3-5H2,1-2H3,(H,12,16)(H,14,15). The summed E-state index contributed by atoms with van der Waals surface area (Å²) in [5, 5.41) is 10.6. The predicted molar refractivity (Wildman–Crippen MR) is 68.8 cm³/mol. The molecular weight excluding hydrogens is 288 g/mol. The highest BCUT2D eigenvalue weighted by Gasteiger charge is 2.23. The second-order valence-electron chi connectivity index (χ2n) is 4.20. The second-order valence-corrected chi connectivity index (χ2v) is 6.28. The number of nitrogens with zero attached hydrogens (tertiary/aromatic N) is 1. The van der Waals surface area contributed by atoms with E-state index < -0.39 is 21.9 Å². The summed E-state index contributed by atoms with van der Waals surface area (Å²) in [6.07, 6.45) is 1.29. The monoisotopic (exact) mass is 304 g/mol. The van der Waals surface area contributed by atoms with Crippen molar-refractivity contribution < 1.29 is 27.5 Å². The third-order valence-electron chi connectivity index (χ3n) is 2.43. The van der Waals surface area contributed by atoms with Crippen LogP contribution in [-0.4, -0.2) is 50.3 Å². The Kier molecular flexibility index (Phi) is 5.28. The zero-order valence-corrected chi connectivity index (χ0v) is 11.9. The van der Waals surface area contributed by atoms with Crippen LogP contribution in [0.3, 0.4) is 0 Å². The van der Waals surface area contributed by atoms with Gasteiger partial charge in [0.1, 0.15) is 6.26 Å². The number of hydrogen-bond acceptors (Lipinski definition) is 5. The number of nitrogens with one attached hydrogen (secondary N) is 1. The van der Waals surface area contributed by atoms with Crippen LogP contribution < -0.4 is 5.32 Å². The number of aliphatic carboxylic acids is 1. The van der Waals surface area contributed by atoms with Crippen molar-refractivity contribution >= 4 is 21.9 Å². The number of carbonyl (C=O) groups excluding carboxylic acids is 1. The van der Waals surface area contributed by atoms with Gasteiger partial charge in [-0.2, -0.15) is 0 Å². The van der Waals surface area contributed by atoms with E-state index in [1.165, 1.54) is 14.1 Å². The van der Waals surface area contributed by atoms with Crippen LogP contribution in [0.25, 0.3) is 0 Å². The highest BCUT2D eigenvalue weighted by Crippen LogP contribution is 2.16. The van der Waals surface area contributed by atoms with Gasteiger partial charge in [-0.25, -0.2) is 12.7 Å². The quantitative estimate of drug-likeness (QED) is 0.691. The number of carboxylic acid groups (broad SMARTS) is 1. The van der Waals surface area contributed by atoms with Crippen LogP contribution >= 0.6 is 0 Å². The number of rotatable bonds is 7. The molecule has 1 heterocycles. The summed E-state index contributed by atoms with van der Waals surface area (Å²) in [7, 11) is -1.02. The molecule has 0 bridgehead atoms. The number of amides is 1. The number of sulfonamides is 1. The molecule has 0 unspecified atom stereocenters. The summed E-state index contributed by atoms with van der Waals surface area (Å²) in [6, 6.07) is 1.13. The second kappa shape index (κ2) is 6.53. The maximum Gasteiger partial charge on any atom is 0.303 e. The van der Waals surface area contributed by atoms with E-state index in [9.17, 15) is 18.0 Å². The average molecular weight is 304 g/mol. The van der Waals surface area contributed by atoms with Gasteiger partial charge in [0.2, 0.25) is 5.09 Å². The molecule has 8 nitrogen and oxygen atoms in total. The first-order chi connectivity index (χ1) is 9.25. The van der Waals surface area contributed by atoms with Gasteiger partial charge in [0.25, 0.3) is 15.9 Å². The minimum atomic E-state index is -3.72. The maximum atomic E-state index is 11.7. The van der Waals surface area contributed by atoms with Gasteiger partial charge >= 0.3 is 5.97 Å². The van der Waals surface area contributed by atoms with Crippen LogP contribution in [0.1, 0.15) is 23.2 Å². The van der Waals surface area contributed by atoms with E-state index in [-0.39, 0.29) is 23.6 Å². The molecule has 2 N–H and O–H groups in total. The Bertz CT molecular complexity index is 590. The maximum absolute atomic E-state index is 11.7. The molecule has 0 aromatic carbocycles. The number of hydrogen-bond donors (Lipinski definition) is 2. The van der Waals surface area contributed by atoms with Gasteiger partial charge in [-0.05, 0) is 6.42 Å². The Morgan fingerprint density at radius 2 is 2.05 bits per heavy atom. The fourth-order valence-electron chi connectivity index (χ4n) is 1.29. The van der Waals surface area contributed by atoms with Gasteiger partial charge in [-0.1, -0.05) is 0 Å². The molecule has 1 amide bonds. The minimum absolute atomic E-state index is 0.0497. The van der Waals surface area contributed by atoms with Crippen LogP contribution in [0.2, 0.25) is 0 Å². The van der Waals surface area contributed by atoms with Crippen LogP contribution in [0.5, 0.6) is 0 Å². The Morgan fingerprint density at radius 1 is 1.40 bits per heavy atom. The largest absolute Gasteiger partial charge is 0.481 e. The van der Waals surface area contributed by atoms with Crippen molar-refractivity contribution in [3.63, 3.8) is 0 Å². The van der Waals surface area contributed by atoms with Crippen LogP contribution in [0, 0.1) is 0 Å². The zero-order chi connectivity index (χ0) is 15.3. The van der Waals surface area contributed by atoms with Gasteiger partial charge in [0.05, 0.1) is 5.56 Å². The van der Waals surface area contributed by atoms with Gasteiger partial charge in [0, 0.05) is 33.1 Å². The molecule has 1 rings (SSSR count). The molecule has 0 atom stereocenters. The van der Waals surface area contributed by atoms with Gasteiger partial charge < -0.3 is 14.8 Å². The topological polar surface area (TPSA) is 117 Å². The van der Waals surface area contributed by atoms with Gasteiger partial charge in [0.15, 0.2) is 0 Å². The Balaban J connectivity index is 2.63. The molecule has 0 radical (unpaired) electrons. The molecule has 1 aromatic rings. The van der Waals surface area contributed by atoms with Crippen molar-refractivity contribution in [3.8, 4) is 0 Å². The Hall–Kier alpha value is -1.87. The molecule has 9 heteroatoms. The minimum Gasteiger partial charge on any atom is -0.481 e. The summed E-state index contributed by atoms with van der Waals surface area (Å²) in [4.78, 5) is 22.0. The molecule has 0 aliphatic heterocycles. The predicted octanol–water partition coefficient (Wildman–Crippen LogP) is 0.125. The third-order valence-corrected chi connectivity index (χ3v) is 4.11. The third kappa shape index (κ3) is 4.07. The molecule has 0 aliphatic rings. The van der Waals surface area contributed by atoms with Crippen molar-refractivity contribution in [3.05, 3.63) is 17.9 Å². The lowest BCUT2D eigenvalue weighted by Gasteiger charge is -2.07. The van der Waals surface area contributed by atoms with Crippen molar-refractivity contribution in [2.75, 3.05) is 20.6 Å². The summed E-state index contributed by atoms with van der Waals surface area (Å²) < 4.78 is 29.3. The van der Waals surface area contributed by atoms with Crippen molar-refractivity contribution in [2.45, 2.75) is 17.9 Å². The summed E-state index contributed by atoms with van der Waals surface area (Å²) in [5.74, 6) is -1.46. The lowest BCUT2D eigenvalue weighted by atomic mass is 10.3. The van der Waals surface area contributed by atoms with E-state index in [0.29, 0.717) is 6.42 Å². The van der Waals surface area contributed by atoms with E-state index in [0.717, 1.165) is 16.6 Å². The molecule has 112 valence electrons. The highest BCUT2D eigenvalue weighted by molar-refractivity contribution is 7.88. The van der Waals surface area contributed by atoms with E-state index in [1.54, 1.807) is 0 Å². The SMILES string of the molecule is CN(C)S(=O)(=O)c1cc(C(=O)NCCCC(=O)O)co1. The molecule has 0 fully saturated rings. The number of carbonyl (C=O) groups is 2. The summed E-state index contributed by atoms with van der Waals surface area (Å²) in [6.45, 7) is 0.187. The number of furan rings is 1. The van der Waals surface area contributed by atoms with Gasteiger partial charge in [-0.3, -0.25) is 9.59 Å². The molecule has 1 aromatic heterocycles. The first kappa shape index (κ1) is 16.2. The van der Waals surface area contributed by atoms with Crippen molar-refractivity contribution in [1.82, 2.24) is 9.62 Å². The molecular formula is C11H16N2O6S. The van der Waals surface area contributed by atoms with Gasteiger partial charge in [-0.15, -0.1) is 0 Å². The van der Waals surface area contributed by atoms with Crippen molar-refractivity contribution in [2.24, 2.45) is 0 Å². The Morgan fingerprint density at radius 3 is 2.60 bits per heavy atom. The fourth-order valence-corrected chi connectivity index (χ4v) is 2.10. The Labute approximate surface area is 116 Å². The van der Waals surface area contributed by atoms with E-state index in [1.807, 2.05) is 0 Å².